The zero-order valence-electron chi connectivity index (χ0n) is 14.7. The standard InChI is InChI=1S/C17H17F3N4O4/c18-17(19,20)16-13-10-28-8-5-14(13)23(22-16)7-6-21-15(25)9-11-1-3-12(4-2-11)24(26)27/h1-4H,5-10H2,(H,21,25). The highest BCUT2D eigenvalue weighted by Crippen LogP contribution is 2.34. The van der Waals surface area contributed by atoms with Crippen LogP contribution in [0.3, 0.4) is 0 Å². The van der Waals surface area contributed by atoms with Crippen LogP contribution in [0.25, 0.3) is 0 Å². The number of fused-ring (bicyclic) bond motifs is 1. The Morgan fingerprint density at radius 1 is 1.32 bits per heavy atom. The number of benzene rings is 1. The van der Waals surface area contributed by atoms with Crippen LogP contribution >= 0.6 is 0 Å². The Balaban J connectivity index is 1.58. The van der Waals surface area contributed by atoms with Crippen molar-refractivity contribution in [3.8, 4) is 0 Å². The van der Waals surface area contributed by atoms with E-state index in [2.05, 4.69) is 10.4 Å². The molecule has 3 rings (SSSR count). The lowest BCUT2D eigenvalue weighted by Gasteiger charge is -2.15. The first-order chi connectivity index (χ1) is 13.3. The molecule has 0 bridgehead atoms. The summed E-state index contributed by atoms with van der Waals surface area (Å²) in [4.78, 5) is 22.1. The van der Waals surface area contributed by atoms with Crippen LogP contribution in [0, 0.1) is 10.1 Å². The Bertz CT molecular complexity index is 878. The normalized spacial score (nSPS) is 13.8. The molecule has 0 unspecified atom stereocenters. The van der Waals surface area contributed by atoms with Crippen LogP contribution in [0.5, 0.6) is 0 Å². The molecule has 0 saturated carbocycles. The molecule has 0 saturated heterocycles. The minimum absolute atomic E-state index is 0.0108. The topological polar surface area (TPSA) is 99.3 Å². The Morgan fingerprint density at radius 3 is 2.68 bits per heavy atom. The highest BCUT2D eigenvalue weighted by Gasteiger charge is 2.39. The first kappa shape index (κ1) is 19.8. The third-order valence-corrected chi connectivity index (χ3v) is 4.32. The molecule has 0 aliphatic carbocycles. The van der Waals surface area contributed by atoms with Crippen LogP contribution in [-0.4, -0.2) is 33.8 Å². The van der Waals surface area contributed by atoms with E-state index in [1.807, 2.05) is 0 Å². The van der Waals surface area contributed by atoms with E-state index in [1.165, 1.54) is 28.9 Å². The van der Waals surface area contributed by atoms with Gasteiger partial charge in [-0.2, -0.15) is 18.3 Å². The van der Waals surface area contributed by atoms with Crippen LogP contribution in [0.2, 0.25) is 0 Å². The molecule has 1 aromatic heterocycles. The lowest BCUT2D eigenvalue weighted by atomic mass is 10.1. The molecule has 2 heterocycles. The predicted molar refractivity (Wildman–Crippen MR) is 90.4 cm³/mol. The molecule has 150 valence electrons. The summed E-state index contributed by atoms with van der Waals surface area (Å²) < 4.78 is 45.7. The number of alkyl halides is 3. The number of rotatable bonds is 6. The summed E-state index contributed by atoms with van der Waals surface area (Å²) in [5.74, 6) is -0.339. The number of ether oxygens (including phenoxy) is 1. The summed E-state index contributed by atoms with van der Waals surface area (Å²) in [6.45, 7) is 0.404. The minimum Gasteiger partial charge on any atom is -0.376 e. The van der Waals surface area contributed by atoms with Gasteiger partial charge in [-0.25, -0.2) is 0 Å². The molecular formula is C17H17F3N4O4. The summed E-state index contributed by atoms with van der Waals surface area (Å²) in [5.41, 5.74) is 0.103. The van der Waals surface area contributed by atoms with Gasteiger partial charge in [-0.05, 0) is 5.56 Å². The number of aromatic nitrogens is 2. The van der Waals surface area contributed by atoms with Gasteiger partial charge in [-0.3, -0.25) is 19.6 Å². The number of nitro benzene ring substituents is 1. The maximum absolute atomic E-state index is 13.1. The van der Waals surface area contributed by atoms with Gasteiger partial charge in [0.1, 0.15) is 0 Å². The molecule has 0 fully saturated rings. The van der Waals surface area contributed by atoms with Crippen molar-refractivity contribution < 1.29 is 27.6 Å². The Labute approximate surface area is 157 Å². The fourth-order valence-electron chi connectivity index (χ4n) is 3.01. The van der Waals surface area contributed by atoms with Crippen LogP contribution in [0.4, 0.5) is 18.9 Å². The van der Waals surface area contributed by atoms with Gasteiger partial charge >= 0.3 is 6.18 Å². The van der Waals surface area contributed by atoms with Gasteiger partial charge in [-0.15, -0.1) is 0 Å². The van der Waals surface area contributed by atoms with Crippen molar-refractivity contribution in [1.82, 2.24) is 15.1 Å². The van der Waals surface area contributed by atoms with Crippen molar-refractivity contribution in [2.45, 2.75) is 32.2 Å². The molecule has 2 aromatic rings. The first-order valence-corrected chi connectivity index (χ1v) is 8.49. The third-order valence-electron chi connectivity index (χ3n) is 4.32. The molecule has 0 radical (unpaired) electrons. The SMILES string of the molecule is O=C(Cc1ccc([N+](=O)[O-])cc1)NCCn1nc(C(F)(F)F)c2c1CCOC2. The lowest BCUT2D eigenvalue weighted by molar-refractivity contribution is -0.384. The van der Waals surface area contributed by atoms with Crippen LogP contribution in [0.15, 0.2) is 24.3 Å². The van der Waals surface area contributed by atoms with Gasteiger partial charge in [0.05, 0.1) is 31.1 Å². The van der Waals surface area contributed by atoms with E-state index in [0.29, 0.717) is 24.3 Å². The Hall–Kier alpha value is -2.95. The van der Waals surface area contributed by atoms with Crippen molar-refractivity contribution >= 4 is 11.6 Å². The van der Waals surface area contributed by atoms with Crippen molar-refractivity contribution in [3.63, 3.8) is 0 Å². The monoisotopic (exact) mass is 398 g/mol. The highest BCUT2D eigenvalue weighted by molar-refractivity contribution is 5.78. The number of nitrogens with one attached hydrogen (secondary N) is 1. The molecule has 1 aromatic carbocycles. The summed E-state index contributed by atoms with van der Waals surface area (Å²) in [7, 11) is 0. The van der Waals surface area contributed by atoms with Crippen molar-refractivity contribution in [2.24, 2.45) is 0 Å². The van der Waals surface area contributed by atoms with E-state index in [1.54, 1.807) is 0 Å². The van der Waals surface area contributed by atoms with Crippen molar-refractivity contribution in [1.29, 1.82) is 0 Å². The fourth-order valence-corrected chi connectivity index (χ4v) is 3.01. The van der Waals surface area contributed by atoms with Crippen LogP contribution in [-0.2, 0) is 41.7 Å². The minimum atomic E-state index is -4.56. The zero-order valence-corrected chi connectivity index (χ0v) is 14.7. The maximum Gasteiger partial charge on any atom is 0.435 e. The van der Waals surface area contributed by atoms with Gasteiger partial charge in [0.25, 0.3) is 5.69 Å². The van der Waals surface area contributed by atoms with Gasteiger partial charge in [0.15, 0.2) is 5.69 Å². The van der Waals surface area contributed by atoms with E-state index >= 15 is 0 Å². The van der Waals surface area contributed by atoms with E-state index in [4.69, 9.17) is 4.74 Å². The van der Waals surface area contributed by atoms with Crippen LogP contribution < -0.4 is 5.32 Å². The molecule has 11 heteroatoms. The first-order valence-electron chi connectivity index (χ1n) is 8.49. The van der Waals surface area contributed by atoms with Gasteiger partial charge < -0.3 is 10.1 Å². The molecule has 0 atom stereocenters. The fraction of sp³-hybridized carbons (Fsp3) is 0.412. The van der Waals surface area contributed by atoms with Crippen molar-refractivity contribution in [3.05, 3.63) is 56.9 Å². The predicted octanol–water partition coefficient (Wildman–Crippen LogP) is 2.24. The van der Waals surface area contributed by atoms with E-state index in [9.17, 15) is 28.1 Å². The number of carbonyl (C=O) groups is 1. The largest absolute Gasteiger partial charge is 0.435 e. The summed E-state index contributed by atoms with van der Waals surface area (Å²) in [6, 6.07) is 5.58. The van der Waals surface area contributed by atoms with Crippen molar-refractivity contribution in [2.75, 3.05) is 13.2 Å². The highest BCUT2D eigenvalue weighted by atomic mass is 19.4. The second kappa shape index (κ2) is 7.97. The van der Waals surface area contributed by atoms with Crippen LogP contribution in [0.1, 0.15) is 22.5 Å². The molecule has 1 aliphatic rings. The summed E-state index contributed by atoms with van der Waals surface area (Å²) in [5, 5.41) is 16.9. The number of hydrogen-bond donors (Lipinski definition) is 1. The molecule has 1 aliphatic heterocycles. The number of non-ortho nitro benzene ring substituents is 1. The average Bonchev–Trinajstić information content (AvgIpc) is 3.01. The maximum atomic E-state index is 13.1. The zero-order chi connectivity index (χ0) is 20.3. The molecule has 8 nitrogen and oxygen atoms in total. The lowest BCUT2D eigenvalue weighted by Crippen LogP contribution is -2.29. The number of carbonyl (C=O) groups excluding carboxylic acids is 1. The molecule has 0 spiro atoms. The van der Waals surface area contributed by atoms with Gasteiger partial charge in [-0.1, -0.05) is 12.1 Å². The van der Waals surface area contributed by atoms with Gasteiger partial charge in [0.2, 0.25) is 5.91 Å². The number of hydrogen-bond acceptors (Lipinski definition) is 5. The van der Waals surface area contributed by atoms with E-state index < -0.39 is 16.8 Å². The van der Waals surface area contributed by atoms with Gasteiger partial charge in [0, 0.05) is 36.4 Å². The summed E-state index contributed by atoms with van der Waals surface area (Å²) >= 11 is 0. The molecular weight excluding hydrogens is 381 g/mol. The second-order valence-electron chi connectivity index (χ2n) is 6.25. The van der Waals surface area contributed by atoms with E-state index in [0.717, 1.165) is 0 Å². The Morgan fingerprint density at radius 2 is 2.04 bits per heavy atom. The van der Waals surface area contributed by atoms with E-state index in [-0.39, 0.29) is 43.3 Å². The average molecular weight is 398 g/mol. The smallest absolute Gasteiger partial charge is 0.376 e. The quantitative estimate of drug-likeness (QED) is 0.594. The second-order valence-corrected chi connectivity index (χ2v) is 6.25. The summed E-state index contributed by atoms with van der Waals surface area (Å²) in [6.07, 6.45) is -4.22. The molecule has 1 N–H and O–H groups in total. The Kier molecular flexibility index (Phi) is 5.63. The molecule has 1 amide bonds. The number of amides is 1. The molecule has 28 heavy (non-hydrogen) atoms. The number of halogens is 3. The third kappa shape index (κ3) is 4.47. The number of nitrogens with zero attached hydrogens (tertiary/aromatic N) is 3. The number of nitro groups is 1.